The molecular formula is C6H15N2O4S2-. The molecule has 0 saturated carbocycles. The smallest absolute Gasteiger partial charge is 0.211 e. The zero-order valence-corrected chi connectivity index (χ0v) is 9.62. The van der Waals surface area contributed by atoms with Gasteiger partial charge in [-0.2, -0.15) is 0 Å². The Morgan fingerprint density at radius 1 is 1.36 bits per heavy atom. The van der Waals surface area contributed by atoms with E-state index in [-0.39, 0.29) is 18.7 Å². The molecule has 0 aliphatic rings. The van der Waals surface area contributed by atoms with Crippen LogP contribution < -0.4 is 9.44 Å². The van der Waals surface area contributed by atoms with Gasteiger partial charge in [0.15, 0.2) is 0 Å². The van der Waals surface area contributed by atoms with Crippen LogP contribution in [0.4, 0.5) is 0 Å². The van der Waals surface area contributed by atoms with Crippen molar-refractivity contribution < 1.29 is 17.2 Å². The number of hydrogen-bond donors (Lipinski definition) is 2. The lowest BCUT2D eigenvalue weighted by Crippen LogP contribution is -2.29. The summed E-state index contributed by atoms with van der Waals surface area (Å²) in [6, 6.07) is 0. The van der Waals surface area contributed by atoms with E-state index in [0.717, 1.165) is 6.42 Å². The summed E-state index contributed by atoms with van der Waals surface area (Å²) in [5.41, 5.74) is 0. The van der Waals surface area contributed by atoms with E-state index in [1.54, 1.807) is 0 Å². The number of nitrogens with one attached hydrogen (secondary N) is 2. The molecule has 0 aromatic carbocycles. The van der Waals surface area contributed by atoms with Crippen molar-refractivity contribution in [1.29, 1.82) is 0 Å². The van der Waals surface area contributed by atoms with Gasteiger partial charge in [-0.1, -0.05) is 6.92 Å². The summed E-state index contributed by atoms with van der Waals surface area (Å²) in [7, 11) is -3.23. The van der Waals surface area contributed by atoms with Crippen molar-refractivity contribution in [2.45, 2.75) is 19.8 Å². The molecule has 0 aliphatic heterocycles. The molecule has 14 heavy (non-hydrogen) atoms. The third-order valence-corrected chi connectivity index (χ3v) is 3.29. The minimum Gasteiger partial charge on any atom is -0.760 e. The van der Waals surface area contributed by atoms with E-state index in [2.05, 4.69) is 9.44 Å². The van der Waals surface area contributed by atoms with E-state index < -0.39 is 21.3 Å². The van der Waals surface area contributed by atoms with Crippen LogP contribution in [0, 0.1) is 0 Å². The molecule has 0 bridgehead atoms. The van der Waals surface area contributed by atoms with Gasteiger partial charge >= 0.3 is 0 Å². The largest absolute Gasteiger partial charge is 0.760 e. The molecule has 8 heteroatoms. The van der Waals surface area contributed by atoms with Crippen molar-refractivity contribution in [2.24, 2.45) is 0 Å². The quantitative estimate of drug-likeness (QED) is 0.426. The van der Waals surface area contributed by atoms with Gasteiger partial charge in [0.1, 0.15) is 0 Å². The van der Waals surface area contributed by atoms with Gasteiger partial charge in [0.05, 0.1) is 5.75 Å². The van der Waals surface area contributed by atoms with Crippen molar-refractivity contribution in [3.05, 3.63) is 0 Å². The van der Waals surface area contributed by atoms with Gasteiger partial charge in [0, 0.05) is 24.4 Å². The Kier molecular flexibility index (Phi) is 7.28. The number of rotatable bonds is 8. The lowest BCUT2D eigenvalue weighted by Gasteiger charge is -2.07. The van der Waals surface area contributed by atoms with Crippen LogP contribution in [0.5, 0.6) is 0 Å². The molecule has 0 saturated heterocycles. The Balaban J connectivity index is 3.61. The Hall–Kier alpha value is -0.0200. The van der Waals surface area contributed by atoms with Gasteiger partial charge in [-0.15, -0.1) is 0 Å². The monoisotopic (exact) mass is 243 g/mol. The minimum absolute atomic E-state index is 0.0583. The lowest BCUT2D eigenvalue weighted by molar-refractivity contribution is 0.521. The van der Waals surface area contributed by atoms with E-state index in [1.165, 1.54) is 0 Å². The summed E-state index contributed by atoms with van der Waals surface area (Å²) in [5, 5.41) is 0. The average molecular weight is 243 g/mol. The molecule has 0 spiro atoms. The van der Waals surface area contributed by atoms with Crippen LogP contribution >= 0.6 is 0 Å². The highest BCUT2D eigenvalue weighted by molar-refractivity contribution is 7.89. The average Bonchev–Trinajstić information content (AvgIpc) is 2.09. The summed E-state index contributed by atoms with van der Waals surface area (Å²) in [5.74, 6) is -0.0583. The highest BCUT2D eigenvalue weighted by atomic mass is 32.2. The molecule has 1 unspecified atom stereocenters. The molecule has 0 amide bonds. The van der Waals surface area contributed by atoms with Gasteiger partial charge in [0.2, 0.25) is 10.0 Å². The molecule has 2 N–H and O–H groups in total. The van der Waals surface area contributed by atoms with Crippen LogP contribution in [0.1, 0.15) is 19.8 Å². The first-order valence-corrected chi connectivity index (χ1v) is 7.00. The summed E-state index contributed by atoms with van der Waals surface area (Å²) in [4.78, 5) is 0. The van der Waals surface area contributed by atoms with Crippen LogP contribution in [-0.4, -0.2) is 36.0 Å². The molecule has 0 aromatic heterocycles. The van der Waals surface area contributed by atoms with Crippen molar-refractivity contribution >= 4 is 21.3 Å². The van der Waals surface area contributed by atoms with Crippen molar-refractivity contribution in [2.75, 3.05) is 18.8 Å². The Morgan fingerprint density at radius 2 is 2.00 bits per heavy atom. The summed E-state index contributed by atoms with van der Waals surface area (Å²) in [6.07, 6.45) is 1.01. The zero-order valence-electron chi connectivity index (χ0n) is 7.99. The maximum absolute atomic E-state index is 11.1. The van der Waals surface area contributed by atoms with Gasteiger partial charge in [-0.3, -0.25) is 4.21 Å². The van der Waals surface area contributed by atoms with Crippen molar-refractivity contribution in [3.63, 3.8) is 0 Å². The molecule has 0 aliphatic carbocycles. The third kappa shape index (κ3) is 8.57. The molecule has 0 fully saturated rings. The van der Waals surface area contributed by atoms with E-state index in [0.29, 0.717) is 6.54 Å². The first-order chi connectivity index (χ1) is 6.48. The standard InChI is InChI=1S/C6H16N2O4S2/c1-2-4-8-14(11,12)6-3-5-7-13(9)10/h7-8H,2-6H2,1H3,(H,9,10)/p-1. The van der Waals surface area contributed by atoms with E-state index >= 15 is 0 Å². The van der Waals surface area contributed by atoms with Gasteiger partial charge < -0.3 is 4.55 Å². The lowest BCUT2D eigenvalue weighted by atomic mass is 10.5. The van der Waals surface area contributed by atoms with Gasteiger partial charge in [-0.25, -0.2) is 17.9 Å². The van der Waals surface area contributed by atoms with Crippen LogP contribution in [0.15, 0.2) is 0 Å². The van der Waals surface area contributed by atoms with Crippen LogP contribution in [0.3, 0.4) is 0 Å². The SMILES string of the molecule is CCCNS(=O)(=O)CCCNS(=O)[O-]. The summed E-state index contributed by atoms with van der Waals surface area (Å²) < 4.78 is 46.8. The molecular weight excluding hydrogens is 228 g/mol. The molecule has 0 rings (SSSR count). The Morgan fingerprint density at radius 3 is 2.50 bits per heavy atom. The number of sulfonamides is 1. The first-order valence-electron chi connectivity index (χ1n) is 4.28. The van der Waals surface area contributed by atoms with E-state index in [9.17, 15) is 17.2 Å². The second-order valence-electron chi connectivity index (χ2n) is 2.70. The molecule has 86 valence electrons. The van der Waals surface area contributed by atoms with Crippen LogP contribution in [0.2, 0.25) is 0 Å². The molecule has 0 aromatic rings. The third-order valence-electron chi connectivity index (χ3n) is 1.38. The van der Waals surface area contributed by atoms with Crippen LogP contribution in [0.25, 0.3) is 0 Å². The predicted molar refractivity (Wildman–Crippen MR) is 53.6 cm³/mol. The molecule has 0 radical (unpaired) electrons. The van der Waals surface area contributed by atoms with Crippen molar-refractivity contribution in [3.8, 4) is 0 Å². The normalized spacial score (nSPS) is 14.1. The molecule has 6 nitrogen and oxygen atoms in total. The summed E-state index contributed by atoms with van der Waals surface area (Å²) >= 11 is -2.31. The van der Waals surface area contributed by atoms with Gasteiger partial charge in [-0.05, 0) is 12.8 Å². The Bertz CT molecular complexity index is 265. The van der Waals surface area contributed by atoms with Crippen LogP contribution in [-0.2, 0) is 21.3 Å². The fraction of sp³-hybridized carbons (Fsp3) is 1.00. The maximum atomic E-state index is 11.1. The highest BCUT2D eigenvalue weighted by Crippen LogP contribution is 1.89. The Labute approximate surface area is 86.9 Å². The first kappa shape index (κ1) is 14.0. The van der Waals surface area contributed by atoms with E-state index in [1.807, 2.05) is 6.92 Å². The van der Waals surface area contributed by atoms with Crippen molar-refractivity contribution in [1.82, 2.24) is 9.44 Å². The number of hydrogen-bond acceptors (Lipinski definition) is 4. The van der Waals surface area contributed by atoms with Gasteiger partial charge in [0.25, 0.3) is 0 Å². The molecule has 1 atom stereocenters. The minimum atomic E-state index is -3.23. The second kappa shape index (κ2) is 7.30. The maximum Gasteiger partial charge on any atom is 0.211 e. The zero-order chi connectivity index (χ0) is 11.0. The molecule has 0 heterocycles. The fourth-order valence-corrected chi connectivity index (χ4v) is 2.24. The fourth-order valence-electron chi connectivity index (χ4n) is 0.747. The topological polar surface area (TPSA) is 98.3 Å². The van der Waals surface area contributed by atoms with E-state index in [4.69, 9.17) is 0 Å². The second-order valence-corrected chi connectivity index (χ2v) is 5.38. The summed E-state index contributed by atoms with van der Waals surface area (Å²) in [6.45, 7) is 2.43. The highest BCUT2D eigenvalue weighted by Gasteiger charge is 2.07. The predicted octanol–water partition coefficient (Wildman–Crippen LogP) is -0.910.